The molecule has 0 fully saturated rings. The first-order valence-corrected chi connectivity index (χ1v) is 8.73. The minimum atomic E-state index is -0.149. The highest BCUT2D eigenvalue weighted by Gasteiger charge is 2.15. The van der Waals surface area contributed by atoms with E-state index in [1.54, 1.807) is 26.4 Å². The zero-order chi connectivity index (χ0) is 17.5. The largest absolute Gasteiger partial charge is 0.497 e. The van der Waals surface area contributed by atoms with Crippen molar-refractivity contribution in [1.29, 1.82) is 0 Å². The Labute approximate surface area is 146 Å². The molecule has 1 aromatic heterocycles. The lowest BCUT2D eigenvalue weighted by atomic mass is 10.1. The highest BCUT2D eigenvalue weighted by molar-refractivity contribution is 7.15. The summed E-state index contributed by atoms with van der Waals surface area (Å²) in [5.41, 5.74) is 0.792. The fourth-order valence-corrected chi connectivity index (χ4v) is 3.22. The Morgan fingerprint density at radius 1 is 1.29 bits per heavy atom. The molecule has 1 unspecified atom stereocenters. The summed E-state index contributed by atoms with van der Waals surface area (Å²) < 4.78 is 10.5. The SMILES string of the molecule is CCCC(C)c1nnc(NC(=O)Cc2ccc(OC)cc2OC)s1. The van der Waals surface area contributed by atoms with Crippen LogP contribution >= 0.6 is 11.3 Å². The van der Waals surface area contributed by atoms with Gasteiger partial charge in [-0.2, -0.15) is 0 Å². The fraction of sp³-hybridized carbons (Fsp3) is 0.471. The van der Waals surface area contributed by atoms with Crippen LogP contribution in [0.25, 0.3) is 0 Å². The molecule has 130 valence electrons. The third-order valence-electron chi connectivity index (χ3n) is 3.68. The van der Waals surface area contributed by atoms with Crippen molar-refractivity contribution in [3.05, 3.63) is 28.8 Å². The number of nitrogens with zero attached hydrogens (tertiary/aromatic N) is 2. The molecule has 0 aliphatic carbocycles. The van der Waals surface area contributed by atoms with Crippen molar-refractivity contribution < 1.29 is 14.3 Å². The molecule has 2 rings (SSSR count). The van der Waals surface area contributed by atoms with Crippen LogP contribution in [0, 0.1) is 0 Å². The van der Waals surface area contributed by atoms with Gasteiger partial charge in [0.05, 0.1) is 20.6 Å². The number of hydrogen-bond donors (Lipinski definition) is 1. The van der Waals surface area contributed by atoms with Gasteiger partial charge in [0.1, 0.15) is 16.5 Å². The molecule has 0 bridgehead atoms. The molecule has 1 amide bonds. The highest BCUT2D eigenvalue weighted by Crippen LogP contribution is 2.27. The van der Waals surface area contributed by atoms with Crippen molar-refractivity contribution in [2.45, 2.75) is 39.0 Å². The van der Waals surface area contributed by atoms with E-state index in [1.165, 1.54) is 11.3 Å². The Balaban J connectivity index is 2.01. The van der Waals surface area contributed by atoms with E-state index in [1.807, 2.05) is 6.07 Å². The summed E-state index contributed by atoms with van der Waals surface area (Å²) in [6.07, 6.45) is 2.36. The van der Waals surface area contributed by atoms with Crippen LogP contribution in [0.1, 0.15) is 43.2 Å². The molecule has 1 heterocycles. The molecule has 24 heavy (non-hydrogen) atoms. The Hall–Kier alpha value is -2.15. The number of nitrogens with one attached hydrogen (secondary N) is 1. The third-order valence-corrected chi connectivity index (χ3v) is 4.75. The van der Waals surface area contributed by atoms with Crippen LogP contribution in [0.3, 0.4) is 0 Å². The van der Waals surface area contributed by atoms with Gasteiger partial charge in [0.15, 0.2) is 0 Å². The molecule has 1 aromatic carbocycles. The van der Waals surface area contributed by atoms with E-state index in [4.69, 9.17) is 9.47 Å². The monoisotopic (exact) mass is 349 g/mol. The first-order valence-electron chi connectivity index (χ1n) is 7.91. The van der Waals surface area contributed by atoms with Gasteiger partial charge in [-0.25, -0.2) is 0 Å². The molecule has 0 saturated carbocycles. The summed E-state index contributed by atoms with van der Waals surface area (Å²) in [6, 6.07) is 5.39. The second-order valence-electron chi connectivity index (χ2n) is 5.54. The zero-order valence-corrected chi connectivity index (χ0v) is 15.3. The van der Waals surface area contributed by atoms with Gasteiger partial charge in [-0.05, 0) is 12.5 Å². The van der Waals surface area contributed by atoms with Gasteiger partial charge in [-0.15, -0.1) is 10.2 Å². The molecule has 1 atom stereocenters. The predicted molar refractivity (Wildman–Crippen MR) is 95.1 cm³/mol. The molecular weight excluding hydrogens is 326 g/mol. The quantitative estimate of drug-likeness (QED) is 0.787. The minimum Gasteiger partial charge on any atom is -0.497 e. The number of amides is 1. The number of rotatable bonds is 8. The average molecular weight is 349 g/mol. The Kier molecular flexibility index (Phi) is 6.54. The molecule has 0 aliphatic rings. The molecule has 1 N–H and O–H groups in total. The van der Waals surface area contributed by atoms with Gasteiger partial charge in [-0.3, -0.25) is 4.79 Å². The molecule has 2 aromatic rings. The summed E-state index contributed by atoms with van der Waals surface area (Å²) in [7, 11) is 3.16. The highest BCUT2D eigenvalue weighted by atomic mass is 32.1. The van der Waals surface area contributed by atoms with Crippen LogP contribution in [0.15, 0.2) is 18.2 Å². The number of hydrogen-bond acceptors (Lipinski definition) is 6. The van der Waals surface area contributed by atoms with Gasteiger partial charge in [-0.1, -0.05) is 37.7 Å². The zero-order valence-electron chi connectivity index (χ0n) is 14.5. The third kappa shape index (κ3) is 4.67. The van der Waals surface area contributed by atoms with Gasteiger partial charge in [0.2, 0.25) is 11.0 Å². The summed E-state index contributed by atoms with van der Waals surface area (Å²) in [5, 5.41) is 12.5. The van der Waals surface area contributed by atoms with Gasteiger partial charge < -0.3 is 14.8 Å². The average Bonchev–Trinajstić information content (AvgIpc) is 3.03. The van der Waals surface area contributed by atoms with Gasteiger partial charge in [0.25, 0.3) is 0 Å². The van der Waals surface area contributed by atoms with Crippen LogP contribution in [-0.4, -0.2) is 30.3 Å². The smallest absolute Gasteiger partial charge is 0.230 e. The summed E-state index contributed by atoms with van der Waals surface area (Å²) in [6.45, 7) is 4.26. The van der Waals surface area contributed by atoms with Gasteiger partial charge in [0, 0.05) is 17.5 Å². The standard InChI is InChI=1S/C17H23N3O3S/c1-5-6-11(2)16-19-20-17(24-16)18-15(21)9-12-7-8-13(22-3)10-14(12)23-4/h7-8,10-11H,5-6,9H2,1-4H3,(H,18,20,21). The number of carbonyl (C=O) groups is 1. The van der Waals surface area contributed by atoms with Crippen molar-refractivity contribution in [3.8, 4) is 11.5 Å². The molecule has 0 aliphatic heterocycles. The van der Waals surface area contributed by atoms with E-state index >= 15 is 0 Å². The number of carbonyl (C=O) groups excluding carboxylic acids is 1. The number of benzene rings is 1. The first kappa shape index (κ1) is 18.2. The molecule has 7 heteroatoms. The lowest BCUT2D eigenvalue weighted by Gasteiger charge is -2.09. The van der Waals surface area contributed by atoms with Crippen molar-refractivity contribution in [2.24, 2.45) is 0 Å². The molecular formula is C17H23N3O3S. The van der Waals surface area contributed by atoms with E-state index in [2.05, 4.69) is 29.4 Å². The van der Waals surface area contributed by atoms with Crippen LogP contribution in [0.5, 0.6) is 11.5 Å². The van der Waals surface area contributed by atoms with Crippen LogP contribution in [0.4, 0.5) is 5.13 Å². The molecule has 0 radical (unpaired) electrons. The van der Waals surface area contributed by atoms with Crippen LogP contribution in [0.2, 0.25) is 0 Å². The summed E-state index contributed by atoms with van der Waals surface area (Å²) >= 11 is 1.43. The molecule has 6 nitrogen and oxygen atoms in total. The van der Waals surface area contributed by atoms with Crippen LogP contribution < -0.4 is 14.8 Å². The van der Waals surface area contributed by atoms with Crippen molar-refractivity contribution in [2.75, 3.05) is 19.5 Å². The number of aromatic nitrogens is 2. The van der Waals surface area contributed by atoms with E-state index < -0.39 is 0 Å². The minimum absolute atomic E-state index is 0.149. The second kappa shape index (κ2) is 8.63. The van der Waals surface area contributed by atoms with E-state index in [0.717, 1.165) is 23.4 Å². The summed E-state index contributed by atoms with van der Waals surface area (Å²) in [5.74, 6) is 1.53. The lowest BCUT2D eigenvalue weighted by Crippen LogP contribution is -2.14. The normalized spacial score (nSPS) is 11.8. The topological polar surface area (TPSA) is 73.3 Å². The molecule has 0 spiro atoms. The lowest BCUT2D eigenvalue weighted by molar-refractivity contribution is -0.115. The number of ether oxygens (including phenoxy) is 2. The first-order chi connectivity index (χ1) is 11.6. The van der Waals surface area contributed by atoms with Crippen molar-refractivity contribution in [1.82, 2.24) is 10.2 Å². The van der Waals surface area contributed by atoms with E-state index in [-0.39, 0.29) is 12.3 Å². The van der Waals surface area contributed by atoms with E-state index in [9.17, 15) is 4.79 Å². The Bertz CT molecular complexity index is 687. The van der Waals surface area contributed by atoms with Crippen molar-refractivity contribution >= 4 is 22.4 Å². The fourth-order valence-electron chi connectivity index (χ4n) is 2.38. The predicted octanol–water partition coefficient (Wildman–Crippen LogP) is 3.64. The maximum atomic E-state index is 12.3. The van der Waals surface area contributed by atoms with E-state index in [0.29, 0.717) is 22.5 Å². The van der Waals surface area contributed by atoms with Crippen molar-refractivity contribution in [3.63, 3.8) is 0 Å². The maximum Gasteiger partial charge on any atom is 0.230 e. The second-order valence-corrected chi connectivity index (χ2v) is 6.55. The van der Waals surface area contributed by atoms with Gasteiger partial charge >= 0.3 is 0 Å². The number of anilines is 1. The maximum absolute atomic E-state index is 12.3. The molecule has 0 saturated heterocycles. The number of methoxy groups -OCH3 is 2. The Morgan fingerprint density at radius 3 is 2.75 bits per heavy atom. The van der Waals surface area contributed by atoms with Crippen LogP contribution in [-0.2, 0) is 11.2 Å². The summed E-state index contributed by atoms with van der Waals surface area (Å²) in [4.78, 5) is 12.3. The Morgan fingerprint density at radius 2 is 2.08 bits per heavy atom.